The van der Waals surface area contributed by atoms with Crippen molar-refractivity contribution in [3.8, 4) is 17.5 Å². The van der Waals surface area contributed by atoms with Gasteiger partial charge in [-0.3, -0.25) is 4.79 Å². The van der Waals surface area contributed by atoms with Crippen molar-refractivity contribution in [3.63, 3.8) is 0 Å². The smallest absolute Gasteiger partial charge is 0.266 e. The highest BCUT2D eigenvalue weighted by Crippen LogP contribution is 2.25. The molecule has 0 saturated heterocycles. The number of nitrogens with zero attached hydrogens (tertiary/aromatic N) is 2. The minimum absolute atomic E-state index is 0.0620. The second-order valence-corrected chi connectivity index (χ2v) is 7.53. The van der Waals surface area contributed by atoms with Crippen LogP contribution in [0.5, 0.6) is 5.75 Å². The quantitative estimate of drug-likeness (QED) is 0.419. The van der Waals surface area contributed by atoms with Crippen molar-refractivity contribution in [1.29, 1.82) is 5.26 Å². The lowest BCUT2D eigenvalue weighted by Gasteiger charge is -2.11. The van der Waals surface area contributed by atoms with Crippen LogP contribution in [0, 0.1) is 39.0 Å². The van der Waals surface area contributed by atoms with Gasteiger partial charge in [0.1, 0.15) is 17.4 Å². The fraction of sp³-hybridized carbons (Fsp3) is 0.231. The summed E-state index contributed by atoms with van der Waals surface area (Å²) in [6.45, 7) is 10.5. The molecule has 1 aromatic heterocycles. The lowest BCUT2D eigenvalue weighted by molar-refractivity contribution is -0.112. The second kappa shape index (κ2) is 9.36. The highest BCUT2D eigenvalue weighted by molar-refractivity contribution is 6.10. The highest BCUT2D eigenvalue weighted by Gasteiger charge is 2.15. The summed E-state index contributed by atoms with van der Waals surface area (Å²) in [7, 11) is 0. The van der Waals surface area contributed by atoms with Gasteiger partial charge in [0, 0.05) is 22.8 Å². The topological polar surface area (TPSA) is 67.0 Å². The highest BCUT2D eigenvalue weighted by atomic mass is 16.5. The average Bonchev–Trinajstić information content (AvgIpc) is 3.02. The number of aryl methyl sites for hydroxylation is 3. The summed E-state index contributed by atoms with van der Waals surface area (Å²) in [5.41, 5.74) is 6.64. The molecule has 0 bridgehead atoms. The van der Waals surface area contributed by atoms with Crippen LogP contribution in [0.1, 0.15) is 35.0 Å². The fourth-order valence-electron chi connectivity index (χ4n) is 3.64. The molecule has 1 heterocycles. The van der Waals surface area contributed by atoms with Gasteiger partial charge in [0.05, 0.1) is 6.61 Å². The van der Waals surface area contributed by atoms with E-state index in [1.54, 1.807) is 6.08 Å². The molecule has 0 saturated carbocycles. The van der Waals surface area contributed by atoms with Crippen molar-refractivity contribution >= 4 is 17.7 Å². The predicted octanol–water partition coefficient (Wildman–Crippen LogP) is 5.66. The maximum absolute atomic E-state index is 12.7. The molecule has 5 heteroatoms. The molecule has 0 aliphatic carbocycles. The molecule has 0 aliphatic heterocycles. The third-order valence-corrected chi connectivity index (χ3v) is 5.17. The molecule has 0 radical (unpaired) electrons. The van der Waals surface area contributed by atoms with Gasteiger partial charge in [-0.25, -0.2) is 0 Å². The summed E-state index contributed by atoms with van der Waals surface area (Å²) in [6, 6.07) is 17.7. The van der Waals surface area contributed by atoms with Gasteiger partial charge in [-0.05, 0) is 88.2 Å². The van der Waals surface area contributed by atoms with Crippen LogP contribution in [0.3, 0.4) is 0 Å². The predicted molar refractivity (Wildman–Crippen MR) is 125 cm³/mol. The lowest BCUT2D eigenvalue weighted by atomic mass is 10.1. The van der Waals surface area contributed by atoms with Crippen molar-refractivity contribution in [3.05, 3.63) is 82.2 Å². The fourth-order valence-corrected chi connectivity index (χ4v) is 3.64. The minimum Gasteiger partial charge on any atom is -0.494 e. The summed E-state index contributed by atoms with van der Waals surface area (Å²) in [6.07, 6.45) is 1.65. The number of carbonyl (C=O) groups excluding carboxylic acids is 1. The third kappa shape index (κ3) is 4.87. The number of anilines is 1. The number of hydrogen-bond donors (Lipinski definition) is 1. The van der Waals surface area contributed by atoms with Gasteiger partial charge < -0.3 is 14.6 Å². The molecule has 0 unspecified atom stereocenters. The molecule has 0 spiro atoms. The number of aromatic nitrogens is 1. The maximum atomic E-state index is 12.7. The van der Waals surface area contributed by atoms with E-state index in [1.807, 2.05) is 89.2 Å². The Hall–Kier alpha value is -3.78. The van der Waals surface area contributed by atoms with Crippen LogP contribution >= 0.6 is 0 Å². The number of benzene rings is 2. The number of carbonyl (C=O) groups is 1. The molecule has 31 heavy (non-hydrogen) atoms. The number of amides is 1. The molecule has 5 nitrogen and oxygen atoms in total. The molecule has 3 rings (SSSR count). The zero-order valence-electron chi connectivity index (χ0n) is 18.6. The Bertz CT molecular complexity index is 1180. The van der Waals surface area contributed by atoms with E-state index in [0.717, 1.165) is 39.5 Å². The van der Waals surface area contributed by atoms with E-state index >= 15 is 0 Å². The van der Waals surface area contributed by atoms with Crippen molar-refractivity contribution < 1.29 is 9.53 Å². The first-order valence-electron chi connectivity index (χ1n) is 10.3. The zero-order valence-corrected chi connectivity index (χ0v) is 18.6. The summed E-state index contributed by atoms with van der Waals surface area (Å²) >= 11 is 0. The molecular formula is C26H27N3O2. The Kier molecular flexibility index (Phi) is 6.61. The Morgan fingerprint density at radius 1 is 1.10 bits per heavy atom. The van der Waals surface area contributed by atoms with Crippen molar-refractivity contribution in [2.75, 3.05) is 11.9 Å². The van der Waals surface area contributed by atoms with Gasteiger partial charge in [-0.2, -0.15) is 5.26 Å². The summed E-state index contributed by atoms with van der Waals surface area (Å²) in [5.74, 6) is 0.406. The molecule has 1 amide bonds. The Balaban J connectivity index is 1.90. The second-order valence-electron chi connectivity index (χ2n) is 7.53. The summed E-state index contributed by atoms with van der Waals surface area (Å²) in [5, 5.41) is 12.5. The van der Waals surface area contributed by atoms with Gasteiger partial charge >= 0.3 is 0 Å². The SMILES string of the molecule is CCOc1ccc(-n2c(C)cc(/C=C(/C#N)C(=O)Nc3ccc(C)cc3C)c2C)cc1. The van der Waals surface area contributed by atoms with Gasteiger partial charge in [0.2, 0.25) is 0 Å². The lowest BCUT2D eigenvalue weighted by Crippen LogP contribution is -2.14. The monoisotopic (exact) mass is 413 g/mol. The van der Waals surface area contributed by atoms with E-state index < -0.39 is 5.91 Å². The normalized spacial score (nSPS) is 11.2. The first kappa shape index (κ1) is 21.9. The van der Waals surface area contributed by atoms with Crippen LogP contribution in [0.15, 0.2) is 54.1 Å². The van der Waals surface area contributed by atoms with Crippen LogP contribution in [-0.4, -0.2) is 17.1 Å². The van der Waals surface area contributed by atoms with Crippen LogP contribution in [-0.2, 0) is 4.79 Å². The van der Waals surface area contributed by atoms with Crippen LogP contribution in [0.2, 0.25) is 0 Å². The van der Waals surface area contributed by atoms with Gasteiger partial charge in [0.15, 0.2) is 0 Å². The van der Waals surface area contributed by atoms with Crippen molar-refractivity contribution in [2.45, 2.75) is 34.6 Å². The first-order valence-corrected chi connectivity index (χ1v) is 10.3. The molecule has 0 atom stereocenters. The molecule has 1 N–H and O–H groups in total. The van der Waals surface area contributed by atoms with Crippen LogP contribution in [0.4, 0.5) is 5.69 Å². The Morgan fingerprint density at radius 2 is 1.81 bits per heavy atom. The van der Waals surface area contributed by atoms with Crippen LogP contribution < -0.4 is 10.1 Å². The molecular weight excluding hydrogens is 386 g/mol. The standard InChI is InChI=1S/C26H27N3O2/c1-6-31-24-10-8-23(9-11-24)29-19(4)14-21(20(29)5)15-22(16-27)26(30)28-25-12-7-17(2)13-18(25)3/h7-15H,6H2,1-5H3,(H,28,30)/b22-15-. The van der Waals surface area contributed by atoms with Gasteiger partial charge in [-0.15, -0.1) is 0 Å². The van der Waals surface area contributed by atoms with Crippen molar-refractivity contribution in [1.82, 2.24) is 4.57 Å². The minimum atomic E-state index is -0.416. The molecule has 0 fully saturated rings. The average molecular weight is 414 g/mol. The third-order valence-electron chi connectivity index (χ3n) is 5.17. The molecule has 2 aromatic carbocycles. The Labute approximate surface area is 183 Å². The number of hydrogen-bond acceptors (Lipinski definition) is 3. The van der Waals surface area contributed by atoms with Gasteiger partial charge in [0.25, 0.3) is 5.91 Å². The molecule has 158 valence electrons. The Morgan fingerprint density at radius 3 is 2.42 bits per heavy atom. The largest absolute Gasteiger partial charge is 0.494 e. The summed E-state index contributed by atoms with van der Waals surface area (Å²) < 4.78 is 7.62. The van der Waals surface area contributed by atoms with E-state index in [9.17, 15) is 10.1 Å². The van der Waals surface area contributed by atoms with E-state index in [1.165, 1.54) is 0 Å². The van der Waals surface area contributed by atoms with Crippen LogP contribution in [0.25, 0.3) is 11.8 Å². The van der Waals surface area contributed by atoms with E-state index in [0.29, 0.717) is 12.3 Å². The van der Waals surface area contributed by atoms with E-state index in [4.69, 9.17) is 4.74 Å². The van der Waals surface area contributed by atoms with E-state index in [-0.39, 0.29) is 5.57 Å². The first-order chi connectivity index (χ1) is 14.8. The molecule has 3 aromatic rings. The molecule has 0 aliphatic rings. The number of nitriles is 1. The summed E-state index contributed by atoms with van der Waals surface area (Å²) in [4.78, 5) is 12.7. The number of ether oxygens (including phenoxy) is 1. The zero-order chi connectivity index (χ0) is 22.5. The number of nitrogens with one attached hydrogen (secondary N) is 1. The van der Waals surface area contributed by atoms with E-state index in [2.05, 4.69) is 9.88 Å². The maximum Gasteiger partial charge on any atom is 0.266 e. The van der Waals surface area contributed by atoms with Crippen molar-refractivity contribution in [2.24, 2.45) is 0 Å². The number of rotatable bonds is 6. The van der Waals surface area contributed by atoms with Gasteiger partial charge in [-0.1, -0.05) is 17.7 Å².